The highest BCUT2D eigenvalue weighted by Crippen LogP contribution is 2.26. The van der Waals surface area contributed by atoms with Crippen molar-refractivity contribution in [2.45, 2.75) is 13.5 Å². The summed E-state index contributed by atoms with van der Waals surface area (Å²) in [6.07, 6.45) is 3.15. The molecule has 0 spiro atoms. The minimum absolute atomic E-state index is 0.235. The quantitative estimate of drug-likeness (QED) is 0.366. The van der Waals surface area contributed by atoms with Crippen molar-refractivity contribution in [3.05, 3.63) is 76.9 Å². The van der Waals surface area contributed by atoms with E-state index in [0.717, 1.165) is 37.4 Å². The van der Waals surface area contributed by atoms with Crippen LogP contribution in [-0.2, 0) is 6.54 Å². The number of allylic oxidation sites excluding steroid dienone is 1. The molecule has 0 unspecified atom stereocenters. The number of piperazine rings is 1. The molecule has 4 heterocycles. The number of carbonyl (C=O) groups excluding carboxylic acids is 1. The van der Waals surface area contributed by atoms with Crippen LogP contribution in [0.3, 0.4) is 0 Å². The standard InChI is InChI=1S/C28H33N9O2/c1-6-12-36-26(38)21-18-29-28(30-20-10-11-23(19(2)17-20)35-15-13-34(5)14-16-35)32-25(21)37(36)24-9-7-8-22(31-24)27(39)33(3)4/h6-11,17-18H,1,12-16H2,2-5H3,(H,29,30,32). The van der Waals surface area contributed by atoms with Crippen LogP contribution in [0.1, 0.15) is 16.1 Å². The van der Waals surface area contributed by atoms with E-state index in [1.165, 1.54) is 21.5 Å². The molecule has 0 atom stereocenters. The Hall–Kier alpha value is -4.51. The molecule has 39 heavy (non-hydrogen) atoms. The maximum Gasteiger partial charge on any atom is 0.278 e. The molecule has 11 nitrogen and oxygen atoms in total. The van der Waals surface area contributed by atoms with Crippen LogP contribution in [0.2, 0.25) is 0 Å². The Morgan fingerprint density at radius 3 is 2.59 bits per heavy atom. The van der Waals surface area contributed by atoms with E-state index >= 15 is 0 Å². The van der Waals surface area contributed by atoms with Crippen molar-refractivity contribution in [3.8, 4) is 5.82 Å². The molecule has 0 saturated carbocycles. The van der Waals surface area contributed by atoms with Crippen LogP contribution < -0.4 is 15.8 Å². The average molecular weight is 528 g/mol. The highest BCUT2D eigenvalue weighted by molar-refractivity contribution is 5.92. The van der Waals surface area contributed by atoms with Crippen molar-refractivity contribution >= 4 is 34.3 Å². The zero-order chi connectivity index (χ0) is 27.7. The topological polar surface area (TPSA) is 104 Å². The van der Waals surface area contributed by atoms with Gasteiger partial charge in [-0.3, -0.25) is 9.59 Å². The minimum atomic E-state index is -0.269. The molecule has 1 saturated heterocycles. The molecule has 5 rings (SSSR count). The highest BCUT2D eigenvalue weighted by atomic mass is 16.2. The van der Waals surface area contributed by atoms with E-state index in [0.29, 0.717) is 22.8 Å². The maximum absolute atomic E-state index is 13.2. The number of benzene rings is 1. The second-order valence-corrected chi connectivity index (χ2v) is 9.92. The Bertz CT molecular complexity index is 1600. The van der Waals surface area contributed by atoms with Crippen LogP contribution in [-0.4, -0.2) is 87.3 Å². The molecular weight excluding hydrogens is 494 g/mol. The molecule has 0 radical (unpaired) electrons. The first-order valence-corrected chi connectivity index (χ1v) is 12.9. The number of pyridine rings is 1. The van der Waals surface area contributed by atoms with E-state index in [1.54, 1.807) is 43.1 Å². The van der Waals surface area contributed by atoms with Crippen molar-refractivity contribution in [3.63, 3.8) is 0 Å². The van der Waals surface area contributed by atoms with E-state index in [4.69, 9.17) is 4.98 Å². The zero-order valence-electron chi connectivity index (χ0n) is 22.8. The average Bonchev–Trinajstić information content (AvgIpc) is 3.20. The first-order valence-electron chi connectivity index (χ1n) is 12.9. The number of nitrogens with zero attached hydrogens (tertiary/aromatic N) is 8. The van der Waals surface area contributed by atoms with E-state index in [9.17, 15) is 9.59 Å². The number of likely N-dealkylation sites (N-methyl/N-ethyl adjacent to an activating group) is 1. The predicted octanol–water partition coefficient (Wildman–Crippen LogP) is 2.67. The largest absolute Gasteiger partial charge is 0.369 e. The lowest BCUT2D eigenvalue weighted by molar-refractivity contribution is 0.0822. The third-order valence-electron chi connectivity index (χ3n) is 6.85. The van der Waals surface area contributed by atoms with Gasteiger partial charge in [0.1, 0.15) is 11.1 Å². The first-order chi connectivity index (χ1) is 18.8. The Labute approximate surface area is 227 Å². The van der Waals surface area contributed by atoms with Gasteiger partial charge in [0.25, 0.3) is 11.5 Å². The van der Waals surface area contributed by atoms with Crippen LogP contribution in [0.5, 0.6) is 0 Å². The molecule has 0 bridgehead atoms. The van der Waals surface area contributed by atoms with Crippen LogP contribution in [0.4, 0.5) is 17.3 Å². The molecule has 1 aliphatic heterocycles. The number of aromatic nitrogens is 5. The number of rotatable bonds is 7. The van der Waals surface area contributed by atoms with E-state index in [2.05, 4.69) is 57.8 Å². The Balaban J connectivity index is 1.52. The van der Waals surface area contributed by atoms with E-state index in [-0.39, 0.29) is 23.7 Å². The van der Waals surface area contributed by atoms with E-state index < -0.39 is 0 Å². The van der Waals surface area contributed by atoms with E-state index in [1.807, 2.05) is 6.07 Å². The van der Waals surface area contributed by atoms with Gasteiger partial charge in [-0.1, -0.05) is 12.1 Å². The number of hydrogen-bond donors (Lipinski definition) is 1. The van der Waals surface area contributed by atoms with Crippen LogP contribution in [0.25, 0.3) is 16.9 Å². The summed E-state index contributed by atoms with van der Waals surface area (Å²) in [4.78, 5) is 45.7. The first kappa shape index (κ1) is 26.1. The number of anilines is 3. The molecule has 11 heteroatoms. The van der Waals surface area contributed by atoms with Gasteiger partial charge in [-0.15, -0.1) is 6.58 Å². The van der Waals surface area contributed by atoms with Gasteiger partial charge in [0, 0.05) is 57.8 Å². The predicted molar refractivity (Wildman–Crippen MR) is 153 cm³/mol. The summed E-state index contributed by atoms with van der Waals surface area (Å²) in [7, 11) is 5.48. The fourth-order valence-corrected chi connectivity index (χ4v) is 4.76. The van der Waals surface area contributed by atoms with Gasteiger partial charge in [0.15, 0.2) is 11.5 Å². The highest BCUT2D eigenvalue weighted by Gasteiger charge is 2.20. The normalized spacial score (nSPS) is 14.0. The number of nitrogens with one attached hydrogen (secondary N) is 1. The fraction of sp³-hybridized carbons (Fsp3) is 0.321. The van der Waals surface area contributed by atoms with Crippen molar-refractivity contribution in [2.24, 2.45) is 0 Å². The van der Waals surface area contributed by atoms with Gasteiger partial charge < -0.3 is 20.0 Å². The third-order valence-corrected chi connectivity index (χ3v) is 6.85. The van der Waals surface area contributed by atoms with Gasteiger partial charge in [-0.25, -0.2) is 19.3 Å². The smallest absolute Gasteiger partial charge is 0.278 e. The second kappa shape index (κ2) is 10.7. The Morgan fingerprint density at radius 2 is 1.90 bits per heavy atom. The van der Waals surface area contributed by atoms with Crippen LogP contribution in [0.15, 0.2) is 60.0 Å². The molecule has 4 aromatic rings. The molecule has 1 aliphatic rings. The number of carbonyl (C=O) groups is 1. The van der Waals surface area contributed by atoms with Crippen LogP contribution in [0, 0.1) is 6.92 Å². The van der Waals surface area contributed by atoms with Gasteiger partial charge in [0.05, 0.1) is 6.54 Å². The minimum Gasteiger partial charge on any atom is -0.369 e. The number of amides is 1. The monoisotopic (exact) mass is 527 g/mol. The van der Waals surface area contributed by atoms with Crippen molar-refractivity contribution in [1.82, 2.24) is 34.1 Å². The van der Waals surface area contributed by atoms with Crippen LogP contribution >= 0.6 is 0 Å². The Morgan fingerprint density at radius 1 is 1.13 bits per heavy atom. The molecule has 1 aromatic carbocycles. The lowest BCUT2D eigenvalue weighted by atomic mass is 10.1. The number of hydrogen-bond acceptors (Lipinski definition) is 8. The van der Waals surface area contributed by atoms with Crippen molar-refractivity contribution < 1.29 is 4.79 Å². The summed E-state index contributed by atoms with van der Waals surface area (Å²) < 4.78 is 3.09. The molecular formula is C28H33N9O2. The number of aryl methyl sites for hydroxylation is 1. The summed E-state index contributed by atoms with van der Waals surface area (Å²) >= 11 is 0. The van der Waals surface area contributed by atoms with Gasteiger partial charge in [0.2, 0.25) is 5.95 Å². The number of fused-ring (bicyclic) bond motifs is 1. The fourth-order valence-electron chi connectivity index (χ4n) is 4.76. The second-order valence-electron chi connectivity index (χ2n) is 9.92. The van der Waals surface area contributed by atoms with Gasteiger partial charge in [-0.05, 0) is 49.9 Å². The summed E-state index contributed by atoms with van der Waals surface area (Å²) in [5.74, 6) is 0.506. The molecule has 202 valence electrons. The molecule has 1 fully saturated rings. The molecule has 0 aliphatic carbocycles. The van der Waals surface area contributed by atoms with Crippen molar-refractivity contribution in [1.29, 1.82) is 0 Å². The molecule has 3 aromatic heterocycles. The summed E-state index contributed by atoms with van der Waals surface area (Å²) in [5.41, 5.74) is 3.60. The summed E-state index contributed by atoms with van der Waals surface area (Å²) in [5, 5.41) is 3.63. The lowest BCUT2D eigenvalue weighted by Gasteiger charge is -2.35. The SMILES string of the molecule is C=CCn1c(=O)c2cnc(Nc3ccc(N4CCN(C)CC4)c(C)c3)nc2n1-c1cccc(C(=O)N(C)C)n1. The maximum atomic E-state index is 13.2. The van der Waals surface area contributed by atoms with Crippen molar-refractivity contribution in [2.75, 3.05) is 57.5 Å². The summed E-state index contributed by atoms with van der Waals surface area (Å²) in [6.45, 7) is 10.2. The van der Waals surface area contributed by atoms with Gasteiger partial charge in [-0.2, -0.15) is 4.98 Å². The lowest BCUT2D eigenvalue weighted by Crippen LogP contribution is -2.44. The third kappa shape index (κ3) is 5.13. The summed E-state index contributed by atoms with van der Waals surface area (Å²) in [6, 6.07) is 11.3. The Kier molecular flexibility index (Phi) is 7.16. The van der Waals surface area contributed by atoms with Gasteiger partial charge >= 0.3 is 0 Å². The molecule has 1 amide bonds. The molecule has 1 N–H and O–H groups in total. The zero-order valence-corrected chi connectivity index (χ0v) is 22.8.